The van der Waals surface area contributed by atoms with E-state index in [1.807, 2.05) is 19.1 Å². The molecule has 1 saturated heterocycles. The van der Waals surface area contributed by atoms with E-state index in [1.54, 1.807) is 6.20 Å². The highest BCUT2D eigenvalue weighted by atomic mass is 16.5. The van der Waals surface area contributed by atoms with Crippen LogP contribution in [0.4, 0.5) is 0 Å². The van der Waals surface area contributed by atoms with Crippen molar-refractivity contribution in [1.29, 1.82) is 0 Å². The molecule has 1 aromatic rings. The third-order valence-electron chi connectivity index (χ3n) is 2.81. The van der Waals surface area contributed by atoms with E-state index in [9.17, 15) is 0 Å². The van der Waals surface area contributed by atoms with Gasteiger partial charge in [-0.3, -0.25) is 4.98 Å². The molecule has 0 spiro atoms. The molecule has 0 saturated carbocycles. The van der Waals surface area contributed by atoms with Crippen LogP contribution in [0.1, 0.15) is 18.5 Å². The SMILES string of the molecule is Cc1cc(OCC2CCNCC2)ccn1. The molecule has 0 amide bonds. The lowest BCUT2D eigenvalue weighted by Crippen LogP contribution is -2.30. The van der Waals surface area contributed by atoms with Gasteiger partial charge in [-0.05, 0) is 44.8 Å². The molecule has 1 aliphatic rings. The highest BCUT2D eigenvalue weighted by Gasteiger charge is 2.13. The number of piperidine rings is 1. The fourth-order valence-corrected chi connectivity index (χ4v) is 1.87. The Labute approximate surface area is 90.9 Å². The molecule has 0 aromatic carbocycles. The number of hydrogen-bond donors (Lipinski definition) is 1. The maximum atomic E-state index is 5.76. The number of rotatable bonds is 3. The lowest BCUT2D eigenvalue weighted by molar-refractivity contribution is 0.215. The van der Waals surface area contributed by atoms with Crippen LogP contribution in [0.25, 0.3) is 0 Å². The summed E-state index contributed by atoms with van der Waals surface area (Å²) in [6, 6.07) is 3.91. The predicted molar refractivity (Wildman–Crippen MR) is 60.1 cm³/mol. The van der Waals surface area contributed by atoms with Gasteiger partial charge < -0.3 is 10.1 Å². The van der Waals surface area contributed by atoms with Crippen molar-refractivity contribution in [3.63, 3.8) is 0 Å². The van der Waals surface area contributed by atoms with Crippen LogP contribution in [-0.4, -0.2) is 24.7 Å². The van der Waals surface area contributed by atoms with Gasteiger partial charge in [0, 0.05) is 18.0 Å². The number of aromatic nitrogens is 1. The van der Waals surface area contributed by atoms with E-state index in [-0.39, 0.29) is 0 Å². The molecule has 3 nitrogen and oxygen atoms in total. The Morgan fingerprint density at radius 3 is 3.00 bits per heavy atom. The molecular weight excluding hydrogens is 188 g/mol. The second-order valence-electron chi connectivity index (χ2n) is 4.14. The maximum Gasteiger partial charge on any atom is 0.122 e. The topological polar surface area (TPSA) is 34.1 Å². The smallest absolute Gasteiger partial charge is 0.122 e. The quantitative estimate of drug-likeness (QED) is 0.818. The van der Waals surface area contributed by atoms with Crippen molar-refractivity contribution in [3.05, 3.63) is 24.0 Å². The third-order valence-corrected chi connectivity index (χ3v) is 2.81. The lowest BCUT2D eigenvalue weighted by atomic mass is 9.99. The van der Waals surface area contributed by atoms with Crippen LogP contribution in [-0.2, 0) is 0 Å². The first-order valence-electron chi connectivity index (χ1n) is 5.61. The third kappa shape index (κ3) is 3.20. The summed E-state index contributed by atoms with van der Waals surface area (Å²) in [5, 5.41) is 3.36. The van der Waals surface area contributed by atoms with Crippen LogP contribution >= 0.6 is 0 Å². The Hall–Kier alpha value is -1.09. The van der Waals surface area contributed by atoms with Gasteiger partial charge in [-0.1, -0.05) is 0 Å². The molecule has 15 heavy (non-hydrogen) atoms. The maximum absolute atomic E-state index is 5.76. The van der Waals surface area contributed by atoms with Crippen molar-refractivity contribution in [2.45, 2.75) is 19.8 Å². The Morgan fingerprint density at radius 2 is 2.27 bits per heavy atom. The van der Waals surface area contributed by atoms with Crippen molar-refractivity contribution in [2.24, 2.45) is 5.92 Å². The normalized spacial score (nSPS) is 17.7. The molecule has 1 aromatic heterocycles. The fraction of sp³-hybridized carbons (Fsp3) is 0.583. The molecule has 0 radical (unpaired) electrons. The number of ether oxygens (including phenoxy) is 1. The minimum Gasteiger partial charge on any atom is -0.493 e. The predicted octanol–water partition coefficient (Wildman–Crippen LogP) is 1.77. The van der Waals surface area contributed by atoms with Crippen molar-refractivity contribution >= 4 is 0 Å². The van der Waals surface area contributed by atoms with Crippen molar-refractivity contribution in [3.8, 4) is 5.75 Å². The molecule has 2 heterocycles. The first kappa shape index (κ1) is 10.4. The van der Waals surface area contributed by atoms with Gasteiger partial charge in [0.05, 0.1) is 6.61 Å². The molecule has 0 aliphatic carbocycles. The van der Waals surface area contributed by atoms with Crippen molar-refractivity contribution < 1.29 is 4.74 Å². The van der Waals surface area contributed by atoms with Crippen molar-refractivity contribution in [2.75, 3.05) is 19.7 Å². The van der Waals surface area contributed by atoms with Crippen LogP contribution in [0.5, 0.6) is 5.75 Å². The summed E-state index contributed by atoms with van der Waals surface area (Å²) >= 11 is 0. The molecule has 1 N–H and O–H groups in total. The second-order valence-corrected chi connectivity index (χ2v) is 4.14. The van der Waals surface area contributed by atoms with Crippen LogP contribution < -0.4 is 10.1 Å². The number of nitrogens with one attached hydrogen (secondary N) is 1. The van der Waals surface area contributed by atoms with Gasteiger partial charge >= 0.3 is 0 Å². The Morgan fingerprint density at radius 1 is 1.47 bits per heavy atom. The summed E-state index contributed by atoms with van der Waals surface area (Å²) in [7, 11) is 0. The van der Waals surface area contributed by atoms with Gasteiger partial charge in [0.25, 0.3) is 0 Å². The summed E-state index contributed by atoms with van der Waals surface area (Å²) in [6.45, 7) is 5.08. The van der Waals surface area contributed by atoms with E-state index in [2.05, 4.69) is 10.3 Å². The molecular formula is C12H18N2O. The fourth-order valence-electron chi connectivity index (χ4n) is 1.87. The van der Waals surface area contributed by atoms with E-state index in [0.29, 0.717) is 5.92 Å². The number of aryl methyl sites for hydroxylation is 1. The van der Waals surface area contributed by atoms with E-state index in [1.165, 1.54) is 12.8 Å². The van der Waals surface area contributed by atoms with Crippen LogP contribution in [0.3, 0.4) is 0 Å². The lowest BCUT2D eigenvalue weighted by Gasteiger charge is -2.22. The summed E-state index contributed by atoms with van der Waals surface area (Å²) in [6.07, 6.45) is 4.25. The van der Waals surface area contributed by atoms with E-state index in [0.717, 1.165) is 31.1 Å². The summed E-state index contributed by atoms with van der Waals surface area (Å²) in [4.78, 5) is 4.14. The highest BCUT2D eigenvalue weighted by Crippen LogP contribution is 2.16. The molecule has 0 atom stereocenters. The summed E-state index contributed by atoms with van der Waals surface area (Å²) < 4.78 is 5.76. The monoisotopic (exact) mass is 206 g/mol. The van der Waals surface area contributed by atoms with Crippen LogP contribution in [0.2, 0.25) is 0 Å². The van der Waals surface area contributed by atoms with Gasteiger partial charge in [-0.2, -0.15) is 0 Å². The van der Waals surface area contributed by atoms with Gasteiger partial charge in [-0.25, -0.2) is 0 Å². The van der Waals surface area contributed by atoms with Gasteiger partial charge in [0.2, 0.25) is 0 Å². The molecule has 1 aliphatic heterocycles. The summed E-state index contributed by atoms with van der Waals surface area (Å²) in [5.74, 6) is 1.65. The minimum absolute atomic E-state index is 0.708. The Kier molecular flexibility index (Phi) is 3.56. The average molecular weight is 206 g/mol. The van der Waals surface area contributed by atoms with Gasteiger partial charge in [0.1, 0.15) is 5.75 Å². The highest BCUT2D eigenvalue weighted by molar-refractivity contribution is 5.21. The molecule has 0 bridgehead atoms. The number of pyridine rings is 1. The van der Waals surface area contributed by atoms with Crippen LogP contribution in [0, 0.1) is 12.8 Å². The largest absolute Gasteiger partial charge is 0.493 e. The zero-order valence-corrected chi connectivity index (χ0v) is 9.20. The van der Waals surface area contributed by atoms with E-state index >= 15 is 0 Å². The number of nitrogens with zero attached hydrogens (tertiary/aromatic N) is 1. The first-order valence-corrected chi connectivity index (χ1v) is 5.61. The second kappa shape index (κ2) is 5.12. The summed E-state index contributed by atoms with van der Waals surface area (Å²) in [5.41, 5.74) is 1.01. The van der Waals surface area contributed by atoms with E-state index < -0.39 is 0 Å². The Bertz CT molecular complexity index is 308. The Balaban J connectivity index is 1.81. The minimum atomic E-state index is 0.708. The van der Waals surface area contributed by atoms with Gasteiger partial charge in [-0.15, -0.1) is 0 Å². The molecule has 3 heteroatoms. The molecule has 82 valence electrons. The zero-order valence-electron chi connectivity index (χ0n) is 9.20. The van der Waals surface area contributed by atoms with Crippen molar-refractivity contribution in [1.82, 2.24) is 10.3 Å². The zero-order chi connectivity index (χ0) is 10.5. The standard InChI is InChI=1S/C12H18N2O/c1-10-8-12(4-7-14-10)15-9-11-2-5-13-6-3-11/h4,7-8,11,13H,2-3,5-6,9H2,1H3. The van der Waals surface area contributed by atoms with Gasteiger partial charge in [0.15, 0.2) is 0 Å². The first-order chi connectivity index (χ1) is 7.34. The molecule has 1 fully saturated rings. The average Bonchev–Trinajstić information content (AvgIpc) is 2.28. The van der Waals surface area contributed by atoms with Crippen LogP contribution in [0.15, 0.2) is 18.3 Å². The molecule has 2 rings (SSSR count). The van der Waals surface area contributed by atoms with E-state index in [4.69, 9.17) is 4.74 Å². The number of hydrogen-bond acceptors (Lipinski definition) is 3. The molecule has 0 unspecified atom stereocenters.